The van der Waals surface area contributed by atoms with E-state index in [2.05, 4.69) is 0 Å². The molecular formula is C9H3Li2O6-. The summed E-state index contributed by atoms with van der Waals surface area (Å²) in [5.41, 5.74) is -1.84. The van der Waals surface area contributed by atoms with Crippen LogP contribution in [0, 0.1) is 0 Å². The zero-order chi connectivity index (χ0) is 11.6. The largest absolute Gasteiger partial charge is 1.00 e. The van der Waals surface area contributed by atoms with Crippen molar-refractivity contribution >= 4 is 17.9 Å². The molecule has 0 amide bonds. The van der Waals surface area contributed by atoms with Crippen LogP contribution in [0.5, 0.6) is 0 Å². The summed E-state index contributed by atoms with van der Waals surface area (Å²) in [5, 5.41) is 31.3. The van der Waals surface area contributed by atoms with Gasteiger partial charge in [-0.25, -0.2) is 0 Å². The van der Waals surface area contributed by atoms with E-state index in [4.69, 9.17) is 0 Å². The number of rotatable bonds is 3. The summed E-state index contributed by atoms with van der Waals surface area (Å²) in [6.07, 6.45) is 0. The predicted octanol–water partition coefficient (Wildman–Crippen LogP) is -9.21. The molecule has 0 fully saturated rings. The maximum Gasteiger partial charge on any atom is 1.00 e. The Morgan fingerprint density at radius 1 is 0.765 bits per heavy atom. The van der Waals surface area contributed by atoms with Crippen LogP contribution in [0.2, 0.25) is 0 Å². The van der Waals surface area contributed by atoms with Crippen LogP contribution in [0.3, 0.4) is 0 Å². The summed E-state index contributed by atoms with van der Waals surface area (Å²) in [5.74, 6) is -5.13. The number of carboxylic acids is 3. The molecule has 8 heteroatoms. The molecule has 0 saturated carbocycles. The third-order valence-electron chi connectivity index (χ3n) is 1.70. The minimum absolute atomic E-state index is 0. The van der Waals surface area contributed by atoms with Crippen LogP contribution in [-0.4, -0.2) is 17.9 Å². The maximum absolute atomic E-state index is 10.5. The molecule has 0 heterocycles. The van der Waals surface area contributed by atoms with Crippen molar-refractivity contribution in [3.8, 4) is 0 Å². The molecule has 0 aromatic heterocycles. The summed E-state index contributed by atoms with van der Waals surface area (Å²) in [6, 6.07) is 2.37. The first-order chi connectivity index (χ1) is 6.93. The summed E-state index contributed by atoms with van der Waals surface area (Å²) < 4.78 is 0. The van der Waals surface area contributed by atoms with Crippen LogP contribution in [0.25, 0.3) is 0 Å². The standard InChI is InChI=1S/C9H6O6.2Li/c10-7(11)4-1-2-5(8(12)13)6(3-4)9(14)15;;/h1-3H,(H,10,11)(H,12,13)(H,14,15);;/q;2*+1/p-3. The van der Waals surface area contributed by atoms with Gasteiger partial charge in [0.15, 0.2) is 0 Å². The van der Waals surface area contributed by atoms with Gasteiger partial charge in [0.25, 0.3) is 0 Å². The molecule has 0 bridgehead atoms. The van der Waals surface area contributed by atoms with Crippen molar-refractivity contribution in [2.24, 2.45) is 0 Å². The first kappa shape index (κ1) is 18.2. The fraction of sp³-hybridized carbons (Fsp3) is 0. The van der Waals surface area contributed by atoms with Crippen LogP contribution in [0.4, 0.5) is 0 Å². The van der Waals surface area contributed by atoms with E-state index in [0.29, 0.717) is 6.07 Å². The average molecular weight is 221 g/mol. The van der Waals surface area contributed by atoms with Crippen molar-refractivity contribution in [2.75, 3.05) is 0 Å². The predicted molar refractivity (Wildman–Crippen MR) is 39.4 cm³/mol. The fourth-order valence-electron chi connectivity index (χ4n) is 1.02. The molecule has 78 valence electrons. The molecule has 1 aromatic carbocycles. The van der Waals surface area contributed by atoms with Crippen LogP contribution in [0.15, 0.2) is 18.2 Å². The van der Waals surface area contributed by atoms with Crippen molar-refractivity contribution in [1.29, 1.82) is 0 Å². The maximum atomic E-state index is 10.5. The fourth-order valence-corrected chi connectivity index (χ4v) is 1.02. The van der Waals surface area contributed by atoms with E-state index >= 15 is 0 Å². The Hall–Kier alpha value is -1.18. The zero-order valence-corrected chi connectivity index (χ0v) is 9.18. The molecule has 0 saturated heterocycles. The Morgan fingerprint density at radius 3 is 1.59 bits per heavy atom. The summed E-state index contributed by atoms with van der Waals surface area (Å²) in [6.45, 7) is 0. The monoisotopic (exact) mass is 221 g/mol. The minimum atomic E-state index is -1.79. The van der Waals surface area contributed by atoms with Crippen LogP contribution < -0.4 is 53.0 Å². The second-order valence-electron chi connectivity index (χ2n) is 2.62. The molecule has 0 unspecified atom stereocenters. The Labute approximate surface area is 120 Å². The van der Waals surface area contributed by atoms with Gasteiger partial charge in [-0.1, -0.05) is 12.1 Å². The van der Waals surface area contributed by atoms with Crippen molar-refractivity contribution in [3.63, 3.8) is 0 Å². The van der Waals surface area contributed by atoms with E-state index < -0.39 is 34.6 Å². The summed E-state index contributed by atoms with van der Waals surface area (Å²) >= 11 is 0. The van der Waals surface area contributed by atoms with Gasteiger partial charge in [0.1, 0.15) is 0 Å². The molecule has 1 rings (SSSR count). The van der Waals surface area contributed by atoms with E-state index in [1.54, 1.807) is 0 Å². The quantitative estimate of drug-likeness (QED) is 0.467. The molecule has 0 aliphatic rings. The molecule has 0 atom stereocenters. The van der Waals surface area contributed by atoms with E-state index in [1.165, 1.54) is 0 Å². The van der Waals surface area contributed by atoms with Gasteiger partial charge in [0.2, 0.25) is 0 Å². The van der Waals surface area contributed by atoms with Crippen LogP contribution in [-0.2, 0) is 0 Å². The number of carbonyl (C=O) groups excluding carboxylic acids is 3. The minimum Gasteiger partial charge on any atom is -0.545 e. The van der Waals surface area contributed by atoms with Gasteiger partial charge in [-0.2, -0.15) is 0 Å². The molecule has 17 heavy (non-hydrogen) atoms. The first-order valence-corrected chi connectivity index (χ1v) is 3.71. The van der Waals surface area contributed by atoms with Gasteiger partial charge in [-0.3, -0.25) is 0 Å². The zero-order valence-electron chi connectivity index (χ0n) is 9.18. The molecule has 0 N–H and O–H groups in total. The number of hydrogen-bond donors (Lipinski definition) is 0. The summed E-state index contributed by atoms with van der Waals surface area (Å²) in [7, 11) is 0. The number of aromatic carboxylic acids is 3. The Kier molecular flexibility index (Phi) is 7.72. The normalized spacial score (nSPS) is 8.47. The number of benzene rings is 1. The topological polar surface area (TPSA) is 120 Å². The van der Waals surface area contributed by atoms with Gasteiger partial charge in [-0.15, -0.1) is 0 Å². The van der Waals surface area contributed by atoms with Gasteiger partial charge in [-0.05, 0) is 11.6 Å². The SMILES string of the molecule is O=C([O-])c1ccc(C(=O)[O-])c(C(=O)[O-])c1.[Li+].[Li+]. The first-order valence-electron chi connectivity index (χ1n) is 3.71. The number of hydrogen-bond acceptors (Lipinski definition) is 6. The second kappa shape index (κ2) is 7.21. The van der Waals surface area contributed by atoms with Gasteiger partial charge < -0.3 is 29.7 Å². The van der Waals surface area contributed by atoms with Crippen molar-refractivity contribution in [2.45, 2.75) is 0 Å². The van der Waals surface area contributed by atoms with Gasteiger partial charge in [0.05, 0.1) is 17.9 Å². The Bertz CT molecular complexity index is 457. The van der Waals surface area contributed by atoms with Crippen molar-refractivity contribution in [1.82, 2.24) is 0 Å². The van der Waals surface area contributed by atoms with E-state index in [-0.39, 0.29) is 37.7 Å². The van der Waals surface area contributed by atoms with Gasteiger partial charge in [0, 0.05) is 11.1 Å². The van der Waals surface area contributed by atoms with Crippen LogP contribution >= 0.6 is 0 Å². The Balaban J connectivity index is 0. The molecule has 0 spiro atoms. The second-order valence-corrected chi connectivity index (χ2v) is 2.62. The molecule has 0 radical (unpaired) electrons. The Morgan fingerprint density at radius 2 is 1.24 bits per heavy atom. The molecule has 0 aliphatic carbocycles. The molecule has 1 aromatic rings. The van der Waals surface area contributed by atoms with Gasteiger partial charge >= 0.3 is 37.7 Å². The number of carboxylic acid groups (broad SMARTS) is 3. The van der Waals surface area contributed by atoms with E-state index in [1.807, 2.05) is 0 Å². The van der Waals surface area contributed by atoms with E-state index in [9.17, 15) is 29.7 Å². The average Bonchev–Trinajstić information content (AvgIpc) is 2.16. The van der Waals surface area contributed by atoms with Crippen LogP contribution in [0.1, 0.15) is 31.1 Å². The van der Waals surface area contributed by atoms with Crippen molar-refractivity contribution in [3.05, 3.63) is 34.9 Å². The molecular weight excluding hydrogens is 218 g/mol. The smallest absolute Gasteiger partial charge is 0.545 e. The summed E-state index contributed by atoms with van der Waals surface area (Å²) in [4.78, 5) is 31.3. The van der Waals surface area contributed by atoms with Crippen molar-refractivity contribution < 1.29 is 67.4 Å². The van der Waals surface area contributed by atoms with E-state index in [0.717, 1.165) is 12.1 Å². The molecule has 0 aliphatic heterocycles. The third-order valence-corrected chi connectivity index (χ3v) is 1.70. The number of carbonyl (C=O) groups is 3. The molecule has 6 nitrogen and oxygen atoms in total. The third kappa shape index (κ3) is 4.30.